The van der Waals surface area contributed by atoms with E-state index >= 15 is 0 Å². The minimum absolute atomic E-state index is 0.0722. The minimum atomic E-state index is -0.535. The minimum Gasteiger partial charge on any atom is -0.444 e. The number of aryl methyl sites for hydroxylation is 1. The summed E-state index contributed by atoms with van der Waals surface area (Å²) in [6.45, 7) is 9.15. The van der Waals surface area contributed by atoms with E-state index in [0.717, 1.165) is 22.5 Å². The summed E-state index contributed by atoms with van der Waals surface area (Å²) in [6.07, 6.45) is 2.78. The van der Waals surface area contributed by atoms with Crippen LogP contribution in [0, 0.1) is 6.92 Å². The number of hydrogen-bond donors (Lipinski definition) is 1. The summed E-state index contributed by atoms with van der Waals surface area (Å²) in [5, 5.41) is 8.31. The summed E-state index contributed by atoms with van der Waals surface area (Å²) in [4.78, 5) is 27.6. The highest BCUT2D eigenvalue weighted by atomic mass is 35.5. The van der Waals surface area contributed by atoms with Crippen LogP contribution in [0.3, 0.4) is 0 Å². The maximum atomic E-state index is 13.3. The summed E-state index contributed by atoms with van der Waals surface area (Å²) in [7, 11) is 0. The van der Waals surface area contributed by atoms with Gasteiger partial charge in [-0.3, -0.25) is 4.79 Å². The van der Waals surface area contributed by atoms with E-state index in [4.69, 9.17) is 16.3 Å². The predicted octanol–water partition coefficient (Wildman–Crippen LogP) is 5.88. The normalized spacial score (nSPS) is 14.5. The zero-order valence-corrected chi connectivity index (χ0v) is 22.0. The number of nitrogens with zero attached hydrogens (tertiary/aromatic N) is 3. The molecule has 2 aromatic carbocycles. The standard InChI is InChI=1S/C28H33ClN4O3/c1-19-6-5-7-23(16-19)33-25(21-12-14-32(15-13-21)27(35)36-28(2,3)4)24(18-31-33)26(34)30-17-20-8-10-22(29)11-9-20/h5-11,16,18,21H,12-15,17H2,1-4H3,(H,30,34). The molecule has 1 saturated heterocycles. The van der Waals surface area contributed by atoms with Crippen LogP contribution in [0.2, 0.25) is 5.02 Å². The molecule has 0 aliphatic carbocycles. The maximum absolute atomic E-state index is 13.3. The Morgan fingerprint density at radius 2 is 1.81 bits per heavy atom. The first kappa shape index (κ1) is 25.8. The van der Waals surface area contributed by atoms with Crippen LogP contribution in [0.4, 0.5) is 4.79 Å². The summed E-state index contributed by atoms with van der Waals surface area (Å²) < 4.78 is 7.42. The molecule has 2 heterocycles. The number of aromatic nitrogens is 2. The van der Waals surface area contributed by atoms with Crippen LogP contribution in [0.1, 0.15) is 66.7 Å². The SMILES string of the molecule is Cc1cccc(-n2ncc(C(=O)NCc3ccc(Cl)cc3)c2C2CCN(C(=O)OC(C)(C)C)CC2)c1. The Labute approximate surface area is 217 Å². The highest BCUT2D eigenvalue weighted by Gasteiger charge is 2.32. The number of piperidine rings is 1. The quantitative estimate of drug-likeness (QED) is 0.467. The van der Waals surface area contributed by atoms with Crippen molar-refractivity contribution in [3.63, 3.8) is 0 Å². The second-order valence-electron chi connectivity index (χ2n) is 10.2. The fourth-order valence-electron chi connectivity index (χ4n) is 4.43. The molecule has 1 aliphatic rings. The summed E-state index contributed by atoms with van der Waals surface area (Å²) in [5.41, 5.74) is 3.89. The maximum Gasteiger partial charge on any atom is 0.410 e. The molecule has 7 nitrogen and oxygen atoms in total. The highest BCUT2D eigenvalue weighted by Crippen LogP contribution is 2.33. The van der Waals surface area contributed by atoms with E-state index in [1.165, 1.54) is 0 Å². The number of benzene rings is 2. The molecule has 190 valence electrons. The van der Waals surface area contributed by atoms with Crippen molar-refractivity contribution in [1.29, 1.82) is 0 Å². The van der Waals surface area contributed by atoms with Gasteiger partial charge in [-0.1, -0.05) is 35.9 Å². The second-order valence-corrected chi connectivity index (χ2v) is 10.7. The topological polar surface area (TPSA) is 76.5 Å². The van der Waals surface area contributed by atoms with Crippen LogP contribution in [0.15, 0.2) is 54.7 Å². The molecule has 1 fully saturated rings. The molecule has 0 bridgehead atoms. The van der Waals surface area contributed by atoms with E-state index < -0.39 is 5.60 Å². The number of rotatable bonds is 5. The van der Waals surface area contributed by atoms with Crippen molar-refractivity contribution < 1.29 is 14.3 Å². The molecule has 0 unspecified atom stereocenters. The van der Waals surface area contributed by atoms with Crippen molar-refractivity contribution in [1.82, 2.24) is 20.0 Å². The number of ether oxygens (including phenoxy) is 1. The lowest BCUT2D eigenvalue weighted by atomic mass is 9.90. The molecule has 4 rings (SSSR count). The first-order chi connectivity index (χ1) is 17.1. The smallest absolute Gasteiger partial charge is 0.410 e. The van der Waals surface area contributed by atoms with Crippen molar-refractivity contribution in [3.05, 3.63) is 82.1 Å². The van der Waals surface area contributed by atoms with E-state index in [2.05, 4.69) is 16.5 Å². The van der Waals surface area contributed by atoms with Gasteiger partial charge in [0.15, 0.2) is 0 Å². The molecule has 8 heteroatoms. The third-order valence-corrected chi connectivity index (χ3v) is 6.45. The van der Waals surface area contributed by atoms with Crippen molar-refractivity contribution in [2.45, 2.75) is 58.6 Å². The number of nitrogens with one attached hydrogen (secondary N) is 1. The molecule has 1 aromatic heterocycles. The fourth-order valence-corrected chi connectivity index (χ4v) is 4.56. The Morgan fingerprint density at radius 1 is 1.11 bits per heavy atom. The zero-order valence-electron chi connectivity index (χ0n) is 21.3. The number of likely N-dealkylation sites (tertiary alicyclic amines) is 1. The number of carbonyl (C=O) groups is 2. The molecule has 1 N–H and O–H groups in total. The van der Waals surface area contributed by atoms with E-state index in [0.29, 0.717) is 43.1 Å². The largest absolute Gasteiger partial charge is 0.444 e. The molecule has 0 spiro atoms. The Morgan fingerprint density at radius 3 is 2.44 bits per heavy atom. The number of halogens is 1. The van der Waals surface area contributed by atoms with Crippen LogP contribution in [0.25, 0.3) is 5.69 Å². The molecule has 1 aliphatic heterocycles. The van der Waals surface area contributed by atoms with Gasteiger partial charge >= 0.3 is 6.09 Å². The summed E-state index contributed by atoms with van der Waals surface area (Å²) in [6, 6.07) is 15.5. The van der Waals surface area contributed by atoms with Crippen molar-refractivity contribution in [2.75, 3.05) is 13.1 Å². The van der Waals surface area contributed by atoms with Gasteiger partial charge < -0.3 is 15.0 Å². The first-order valence-electron chi connectivity index (χ1n) is 12.3. The van der Waals surface area contributed by atoms with Crippen LogP contribution in [-0.2, 0) is 11.3 Å². The summed E-state index contributed by atoms with van der Waals surface area (Å²) in [5.74, 6) is -0.101. The lowest BCUT2D eigenvalue weighted by molar-refractivity contribution is 0.0203. The van der Waals surface area contributed by atoms with Crippen molar-refractivity contribution >= 4 is 23.6 Å². The van der Waals surface area contributed by atoms with E-state index in [1.807, 2.05) is 74.8 Å². The van der Waals surface area contributed by atoms with Gasteiger partial charge in [0, 0.05) is 30.6 Å². The van der Waals surface area contributed by atoms with Gasteiger partial charge in [0.2, 0.25) is 0 Å². The molecule has 36 heavy (non-hydrogen) atoms. The van der Waals surface area contributed by atoms with Gasteiger partial charge in [-0.05, 0) is 75.9 Å². The molecule has 3 aromatic rings. The molecule has 0 saturated carbocycles. The number of carbonyl (C=O) groups excluding carboxylic acids is 2. The van der Waals surface area contributed by atoms with E-state index in [1.54, 1.807) is 11.1 Å². The van der Waals surface area contributed by atoms with Crippen molar-refractivity contribution in [2.24, 2.45) is 0 Å². The number of amides is 2. The Hall–Kier alpha value is -3.32. The molecular formula is C28H33ClN4O3. The van der Waals surface area contributed by atoms with Gasteiger partial charge in [-0.25, -0.2) is 9.48 Å². The van der Waals surface area contributed by atoms with Crippen molar-refractivity contribution in [3.8, 4) is 5.69 Å². The average Bonchev–Trinajstić information content (AvgIpc) is 3.28. The fraction of sp³-hybridized carbons (Fsp3) is 0.393. The summed E-state index contributed by atoms with van der Waals surface area (Å²) >= 11 is 5.98. The number of hydrogen-bond acceptors (Lipinski definition) is 4. The second kappa shape index (κ2) is 10.7. The van der Waals surface area contributed by atoms with Gasteiger partial charge in [-0.15, -0.1) is 0 Å². The van der Waals surface area contributed by atoms with Gasteiger partial charge in [0.25, 0.3) is 5.91 Å². The van der Waals surface area contributed by atoms with Crippen LogP contribution < -0.4 is 5.32 Å². The Kier molecular flexibility index (Phi) is 7.69. The molecule has 0 radical (unpaired) electrons. The first-order valence-corrected chi connectivity index (χ1v) is 12.6. The average molecular weight is 509 g/mol. The van der Waals surface area contributed by atoms with Crippen LogP contribution in [-0.4, -0.2) is 45.4 Å². The third-order valence-electron chi connectivity index (χ3n) is 6.20. The lowest BCUT2D eigenvalue weighted by Crippen LogP contribution is -2.41. The molecule has 2 amide bonds. The van der Waals surface area contributed by atoms with E-state index in [-0.39, 0.29) is 17.9 Å². The van der Waals surface area contributed by atoms with Crippen LogP contribution >= 0.6 is 11.6 Å². The zero-order chi connectivity index (χ0) is 25.9. The molecule has 0 atom stereocenters. The van der Waals surface area contributed by atoms with Gasteiger partial charge in [0.1, 0.15) is 5.60 Å². The lowest BCUT2D eigenvalue weighted by Gasteiger charge is -2.34. The van der Waals surface area contributed by atoms with Gasteiger partial charge in [0.05, 0.1) is 23.1 Å². The Bertz CT molecular complexity index is 1220. The third kappa shape index (κ3) is 6.26. The monoisotopic (exact) mass is 508 g/mol. The van der Waals surface area contributed by atoms with Crippen LogP contribution in [0.5, 0.6) is 0 Å². The highest BCUT2D eigenvalue weighted by molar-refractivity contribution is 6.30. The van der Waals surface area contributed by atoms with E-state index in [9.17, 15) is 9.59 Å². The predicted molar refractivity (Wildman–Crippen MR) is 141 cm³/mol. The Balaban J connectivity index is 1.56. The van der Waals surface area contributed by atoms with Gasteiger partial charge in [-0.2, -0.15) is 5.10 Å². The molecular weight excluding hydrogens is 476 g/mol.